The summed E-state index contributed by atoms with van der Waals surface area (Å²) in [7, 11) is 0. The summed E-state index contributed by atoms with van der Waals surface area (Å²) >= 11 is 0. The minimum Gasteiger partial charge on any atom is -0.491 e. The van der Waals surface area contributed by atoms with Crippen LogP contribution < -0.4 is 4.74 Å². The van der Waals surface area contributed by atoms with E-state index < -0.39 is 0 Å². The van der Waals surface area contributed by atoms with Gasteiger partial charge in [0, 0.05) is 0 Å². The molecule has 1 fully saturated rings. The number of ether oxygens (including phenoxy) is 2. The van der Waals surface area contributed by atoms with Crippen LogP contribution in [-0.2, 0) is 11.2 Å². The van der Waals surface area contributed by atoms with E-state index in [2.05, 4.69) is 43.3 Å². The fourth-order valence-electron chi connectivity index (χ4n) is 2.37. The summed E-state index contributed by atoms with van der Waals surface area (Å²) in [6.07, 6.45) is 2.59. The van der Waals surface area contributed by atoms with Gasteiger partial charge in [0.05, 0.1) is 6.61 Å². The molecule has 3 rings (SSSR count). The van der Waals surface area contributed by atoms with Gasteiger partial charge in [0.2, 0.25) is 0 Å². The van der Waals surface area contributed by atoms with Gasteiger partial charge in [0.1, 0.15) is 18.5 Å². The van der Waals surface area contributed by atoms with Gasteiger partial charge in [0.25, 0.3) is 0 Å². The van der Waals surface area contributed by atoms with E-state index >= 15 is 0 Å². The monoisotopic (exact) mass is 268 g/mol. The van der Waals surface area contributed by atoms with Crippen molar-refractivity contribution in [2.24, 2.45) is 0 Å². The van der Waals surface area contributed by atoms with Gasteiger partial charge in [-0.3, -0.25) is 0 Å². The molecule has 104 valence electrons. The van der Waals surface area contributed by atoms with E-state index in [-0.39, 0.29) is 0 Å². The van der Waals surface area contributed by atoms with Crippen LogP contribution in [0.25, 0.3) is 11.1 Å². The summed E-state index contributed by atoms with van der Waals surface area (Å²) in [6.45, 7) is 3.71. The third-order valence-electron chi connectivity index (χ3n) is 3.54. The summed E-state index contributed by atoms with van der Waals surface area (Å²) in [5, 5.41) is 0. The van der Waals surface area contributed by atoms with Gasteiger partial charge in [-0.05, 0) is 35.2 Å². The highest BCUT2D eigenvalue weighted by atomic mass is 16.6. The molecule has 0 saturated carbocycles. The fourth-order valence-corrected chi connectivity index (χ4v) is 2.37. The van der Waals surface area contributed by atoms with Crippen molar-refractivity contribution in [2.75, 3.05) is 13.2 Å². The summed E-state index contributed by atoms with van der Waals surface area (Å²) in [5.41, 5.74) is 3.99. The van der Waals surface area contributed by atoms with Crippen LogP contribution in [0, 0.1) is 0 Å². The molecule has 2 aromatic rings. The normalized spacial score (nSPS) is 16.9. The van der Waals surface area contributed by atoms with Gasteiger partial charge in [0.15, 0.2) is 0 Å². The van der Waals surface area contributed by atoms with Crippen LogP contribution in [-0.4, -0.2) is 19.3 Å². The SMILES string of the molecule is CCCc1ccccc1-c1ccc(OCC2CO2)cc1. The summed E-state index contributed by atoms with van der Waals surface area (Å²) in [6, 6.07) is 17.0. The second kappa shape index (κ2) is 6.10. The Hall–Kier alpha value is -1.80. The molecule has 0 bridgehead atoms. The van der Waals surface area contributed by atoms with Crippen LogP contribution in [0.2, 0.25) is 0 Å². The van der Waals surface area contributed by atoms with Crippen LogP contribution in [0.1, 0.15) is 18.9 Å². The second-order valence-electron chi connectivity index (χ2n) is 5.20. The van der Waals surface area contributed by atoms with E-state index in [1.165, 1.54) is 23.1 Å². The molecule has 0 aromatic heterocycles. The molecule has 1 unspecified atom stereocenters. The second-order valence-corrected chi connectivity index (χ2v) is 5.20. The Balaban J connectivity index is 1.75. The highest BCUT2D eigenvalue weighted by Gasteiger charge is 2.22. The summed E-state index contributed by atoms with van der Waals surface area (Å²) < 4.78 is 10.8. The first kappa shape index (κ1) is 13.2. The molecule has 1 heterocycles. The number of epoxide rings is 1. The minimum absolute atomic E-state index is 0.306. The molecule has 0 spiro atoms. The quantitative estimate of drug-likeness (QED) is 0.736. The predicted molar refractivity (Wildman–Crippen MR) is 81.1 cm³/mol. The molecular weight excluding hydrogens is 248 g/mol. The Morgan fingerprint density at radius 3 is 2.55 bits per heavy atom. The molecule has 1 atom stereocenters. The largest absolute Gasteiger partial charge is 0.491 e. The molecular formula is C18H20O2. The van der Waals surface area contributed by atoms with Crippen LogP contribution in [0.15, 0.2) is 48.5 Å². The first-order chi connectivity index (χ1) is 9.86. The molecule has 0 radical (unpaired) electrons. The number of hydrogen-bond acceptors (Lipinski definition) is 2. The lowest BCUT2D eigenvalue weighted by atomic mass is 9.97. The van der Waals surface area contributed by atoms with Crippen LogP contribution in [0.3, 0.4) is 0 Å². The van der Waals surface area contributed by atoms with E-state index in [1.807, 2.05) is 12.1 Å². The summed E-state index contributed by atoms with van der Waals surface area (Å²) in [4.78, 5) is 0. The Morgan fingerprint density at radius 2 is 1.85 bits per heavy atom. The topological polar surface area (TPSA) is 21.8 Å². The Bertz CT molecular complexity index is 556. The first-order valence-corrected chi connectivity index (χ1v) is 7.29. The molecule has 2 aromatic carbocycles. The van der Waals surface area contributed by atoms with E-state index in [9.17, 15) is 0 Å². The molecule has 1 aliphatic rings. The molecule has 20 heavy (non-hydrogen) atoms. The number of aryl methyl sites for hydroxylation is 1. The predicted octanol–water partition coefficient (Wildman–Crippen LogP) is 4.08. The van der Waals surface area contributed by atoms with Crippen molar-refractivity contribution in [3.05, 3.63) is 54.1 Å². The van der Waals surface area contributed by atoms with Crippen molar-refractivity contribution in [2.45, 2.75) is 25.9 Å². The molecule has 2 heteroatoms. The van der Waals surface area contributed by atoms with E-state index in [0.717, 1.165) is 18.8 Å². The average molecular weight is 268 g/mol. The Labute approximate surface area is 120 Å². The van der Waals surface area contributed by atoms with Gasteiger partial charge < -0.3 is 9.47 Å². The molecule has 1 saturated heterocycles. The van der Waals surface area contributed by atoms with Gasteiger partial charge >= 0.3 is 0 Å². The van der Waals surface area contributed by atoms with E-state index in [1.54, 1.807) is 0 Å². The lowest BCUT2D eigenvalue weighted by molar-refractivity contribution is 0.263. The van der Waals surface area contributed by atoms with Gasteiger partial charge in [-0.2, -0.15) is 0 Å². The third-order valence-corrected chi connectivity index (χ3v) is 3.54. The maximum Gasteiger partial charge on any atom is 0.119 e. The average Bonchev–Trinajstić information content (AvgIpc) is 3.31. The zero-order valence-corrected chi connectivity index (χ0v) is 11.8. The lowest BCUT2D eigenvalue weighted by Gasteiger charge is -2.10. The number of rotatable bonds is 6. The molecule has 0 aliphatic carbocycles. The van der Waals surface area contributed by atoms with E-state index in [0.29, 0.717) is 12.7 Å². The van der Waals surface area contributed by atoms with Gasteiger partial charge in [-0.15, -0.1) is 0 Å². The molecule has 0 N–H and O–H groups in total. The van der Waals surface area contributed by atoms with Crippen molar-refractivity contribution in [3.8, 4) is 16.9 Å². The highest BCUT2D eigenvalue weighted by Crippen LogP contribution is 2.27. The van der Waals surface area contributed by atoms with Gasteiger partial charge in [-0.1, -0.05) is 49.7 Å². The van der Waals surface area contributed by atoms with Crippen LogP contribution in [0.5, 0.6) is 5.75 Å². The van der Waals surface area contributed by atoms with Crippen molar-refractivity contribution in [3.63, 3.8) is 0 Å². The lowest BCUT2D eigenvalue weighted by Crippen LogP contribution is -2.03. The third kappa shape index (κ3) is 3.20. The Morgan fingerprint density at radius 1 is 1.10 bits per heavy atom. The summed E-state index contributed by atoms with van der Waals surface area (Å²) in [5.74, 6) is 0.914. The van der Waals surface area contributed by atoms with Crippen molar-refractivity contribution >= 4 is 0 Å². The minimum atomic E-state index is 0.306. The number of benzene rings is 2. The van der Waals surface area contributed by atoms with E-state index in [4.69, 9.17) is 9.47 Å². The Kier molecular flexibility index (Phi) is 4.03. The van der Waals surface area contributed by atoms with Crippen LogP contribution >= 0.6 is 0 Å². The van der Waals surface area contributed by atoms with Crippen LogP contribution in [0.4, 0.5) is 0 Å². The smallest absolute Gasteiger partial charge is 0.119 e. The number of hydrogen-bond donors (Lipinski definition) is 0. The van der Waals surface area contributed by atoms with Gasteiger partial charge in [-0.25, -0.2) is 0 Å². The maximum absolute atomic E-state index is 5.67. The molecule has 0 amide bonds. The zero-order chi connectivity index (χ0) is 13.8. The van der Waals surface area contributed by atoms with Crippen molar-refractivity contribution in [1.29, 1.82) is 0 Å². The first-order valence-electron chi connectivity index (χ1n) is 7.29. The van der Waals surface area contributed by atoms with Crippen molar-refractivity contribution in [1.82, 2.24) is 0 Å². The molecule has 1 aliphatic heterocycles. The maximum atomic E-state index is 5.67. The molecule has 2 nitrogen and oxygen atoms in total. The zero-order valence-electron chi connectivity index (χ0n) is 11.8. The fraction of sp³-hybridized carbons (Fsp3) is 0.333. The highest BCUT2D eigenvalue weighted by molar-refractivity contribution is 5.68. The van der Waals surface area contributed by atoms with Crippen molar-refractivity contribution < 1.29 is 9.47 Å². The standard InChI is InChI=1S/C18H20O2/c1-2-5-14-6-3-4-7-18(14)15-8-10-16(11-9-15)19-12-17-13-20-17/h3-4,6-11,17H,2,5,12-13H2,1H3.